The van der Waals surface area contributed by atoms with Gasteiger partial charge < -0.3 is 10.4 Å². The molecule has 1 rings (SSSR count). The van der Waals surface area contributed by atoms with Crippen molar-refractivity contribution in [1.29, 1.82) is 0 Å². The fraction of sp³-hybridized carbons (Fsp3) is 0.500. The molecule has 6 heteroatoms. The topological polar surface area (TPSA) is 74.2 Å². The summed E-state index contributed by atoms with van der Waals surface area (Å²) in [4.78, 5) is 0.301. The molecule has 1 aromatic carbocycles. The predicted molar refractivity (Wildman–Crippen MR) is 69.5 cm³/mol. The Labute approximate surface area is 108 Å². The number of hydrogen-bond donors (Lipinski definition) is 2. The van der Waals surface area contributed by atoms with E-state index < -0.39 is 10.0 Å². The molecule has 0 aromatic heterocycles. The molecule has 5 nitrogen and oxygen atoms in total. The number of rotatable bonds is 6. The average molecular weight is 273 g/mol. The lowest BCUT2D eigenvalue weighted by Crippen LogP contribution is -2.84. The third-order valence-electron chi connectivity index (χ3n) is 2.56. The third kappa shape index (κ3) is 4.06. The van der Waals surface area contributed by atoms with Crippen LogP contribution in [0.4, 0.5) is 0 Å². The van der Waals surface area contributed by atoms with Crippen LogP contribution < -0.4 is 5.32 Å². The summed E-state index contributed by atoms with van der Waals surface area (Å²) in [5, 5.41) is 11.1. The van der Waals surface area contributed by atoms with E-state index in [1.54, 1.807) is 25.1 Å². The van der Waals surface area contributed by atoms with Gasteiger partial charge in [0.15, 0.2) is 0 Å². The molecule has 0 aliphatic rings. The maximum atomic E-state index is 11.9. The first-order chi connectivity index (χ1) is 8.34. The van der Waals surface area contributed by atoms with Gasteiger partial charge in [-0.3, -0.25) is 0 Å². The van der Waals surface area contributed by atoms with Crippen LogP contribution >= 0.6 is 0 Å². The van der Waals surface area contributed by atoms with E-state index in [2.05, 4.69) is 0 Å². The van der Waals surface area contributed by atoms with Crippen LogP contribution in [0.1, 0.15) is 12.5 Å². The van der Waals surface area contributed by atoms with E-state index >= 15 is 0 Å². The van der Waals surface area contributed by atoms with Gasteiger partial charge in [0.25, 0.3) is 0 Å². The van der Waals surface area contributed by atoms with Gasteiger partial charge in [-0.25, -0.2) is 12.7 Å². The van der Waals surface area contributed by atoms with Crippen molar-refractivity contribution in [1.82, 2.24) is 4.31 Å². The molecule has 0 amide bonds. The Morgan fingerprint density at radius 1 is 1.39 bits per heavy atom. The van der Waals surface area contributed by atoms with Crippen molar-refractivity contribution in [3.8, 4) is 0 Å². The van der Waals surface area contributed by atoms with Gasteiger partial charge in [0, 0.05) is 19.7 Å². The van der Waals surface area contributed by atoms with Crippen LogP contribution in [0.15, 0.2) is 29.2 Å². The highest BCUT2D eigenvalue weighted by atomic mass is 32.2. The minimum atomic E-state index is -3.37. The number of aliphatic hydroxyl groups is 1. The van der Waals surface area contributed by atoms with E-state index in [-0.39, 0.29) is 6.10 Å². The summed E-state index contributed by atoms with van der Waals surface area (Å²) in [5.74, 6) is 0. The normalized spacial score (nSPS) is 13.8. The monoisotopic (exact) mass is 273 g/mol. The molecule has 0 aliphatic heterocycles. The third-order valence-corrected chi connectivity index (χ3v) is 4.38. The van der Waals surface area contributed by atoms with Crippen LogP contribution in [0.25, 0.3) is 0 Å². The van der Waals surface area contributed by atoms with Crippen LogP contribution in [0.2, 0.25) is 0 Å². The van der Waals surface area contributed by atoms with Crippen LogP contribution in [0.5, 0.6) is 0 Å². The number of aliphatic hydroxyl groups excluding tert-OH is 1. The summed E-state index contributed by atoms with van der Waals surface area (Å²) in [6.45, 7) is 2.98. The first-order valence-electron chi connectivity index (χ1n) is 5.85. The first kappa shape index (κ1) is 15.1. The molecule has 0 unspecified atom stereocenters. The molecule has 0 radical (unpaired) electrons. The van der Waals surface area contributed by atoms with Crippen molar-refractivity contribution < 1.29 is 18.8 Å². The van der Waals surface area contributed by atoms with Crippen LogP contribution in [-0.4, -0.2) is 44.6 Å². The van der Waals surface area contributed by atoms with Gasteiger partial charge in [-0.2, -0.15) is 0 Å². The second-order valence-electron chi connectivity index (χ2n) is 4.51. The lowest BCUT2D eigenvalue weighted by Gasteiger charge is -2.12. The smallest absolute Gasteiger partial charge is 0.242 e. The molecule has 0 saturated heterocycles. The van der Waals surface area contributed by atoms with Crippen LogP contribution in [0, 0.1) is 0 Å². The molecular formula is C12H21N2O3S+. The highest BCUT2D eigenvalue weighted by molar-refractivity contribution is 7.89. The Morgan fingerprint density at radius 2 is 2.06 bits per heavy atom. The molecule has 102 valence electrons. The fourth-order valence-corrected chi connectivity index (χ4v) is 2.51. The molecule has 1 atom stereocenters. The van der Waals surface area contributed by atoms with Crippen molar-refractivity contribution >= 4 is 10.0 Å². The van der Waals surface area contributed by atoms with Crippen molar-refractivity contribution in [3.05, 3.63) is 29.8 Å². The lowest BCUT2D eigenvalue weighted by atomic mass is 10.2. The summed E-state index contributed by atoms with van der Waals surface area (Å²) in [6, 6.07) is 6.89. The molecule has 0 aliphatic carbocycles. The van der Waals surface area contributed by atoms with E-state index in [4.69, 9.17) is 5.11 Å². The molecule has 0 saturated carbocycles. The van der Waals surface area contributed by atoms with E-state index in [0.717, 1.165) is 5.56 Å². The summed E-state index contributed by atoms with van der Waals surface area (Å²) in [7, 11) is -0.340. The van der Waals surface area contributed by atoms with E-state index in [1.807, 2.05) is 11.4 Å². The van der Waals surface area contributed by atoms with Gasteiger partial charge in [-0.1, -0.05) is 12.1 Å². The number of quaternary nitrogens is 1. The summed E-state index contributed by atoms with van der Waals surface area (Å²) < 4.78 is 25.1. The number of hydrogen-bond acceptors (Lipinski definition) is 3. The highest BCUT2D eigenvalue weighted by Crippen LogP contribution is 2.14. The van der Waals surface area contributed by atoms with E-state index in [1.165, 1.54) is 18.4 Å². The van der Waals surface area contributed by atoms with E-state index in [9.17, 15) is 8.42 Å². The Kier molecular flexibility index (Phi) is 5.28. The van der Waals surface area contributed by atoms with Gasteiger partial charge in [0.2, 0.25) is 10.0 Å². The molecule has 0 spiro atoms. The second kappa shape index (κ2) is 6.29. The number of benzene rings is 1. The largest absolute Gasteiger partial charge is 0.388 e. The van der Waals surface area contributed by atoms with Crippen LogP contribution in [-0.2, 0) is 16.6 Å². The SMILES string of the molecule is C[C@H](O)C[NH2+]Cc1cccc(S(=O)(=O)N(C)C)c1. The van der Waals surface area contributed by atoms with Gasteiger partial charge >= 0.3 is 0 Å². The maximum absolute atomic E-state index is 11.9. The molecule has 0 fully saturated rings. The standard InChI is InChI=1S/C12H20N2O3S/c1-10(15)8-13-9-11-5-4-6-12(7-11)18(16,17)14(2)3/h4-7,10,13,15H,8-9H2,1-3H3/p+1/t10-/m0/s1. The minimum Gasteiger partial charge on any atom is -0.388 e. The molecule has 0 heterocycles. The lowest BCUT2D eigenvalue weighted by molar-refractivity contribution is -0.676. The van der Waals surface area contributed by atoms with Crippen molar-refractivity contribution in [2.45, 2.75) is 24.5 Å². The zero-order valence-corrected chi connectivity index (χ0v) is 11.8. The maximum Gasteiger partial charge on any atom is 0.242 e. The highest BCUT2D eigenvalue weighted by Gasteiger charge is 2.17. The number of sulfonamides is 1. The molecule has 3 N–H and O–H groups in total. The van der Waals surface area contributed by atoms with Gasteiger partial charge in [-0.15, -0.1) is 0 Å². The number of nitrogens with zero attached hydrogens (tertiary/aromatic N) is 1. The zero-order valence-electron chi connectivity index (χ0n) is 11.0. The molecule has 0 bridgehead atoms. The summed E-state index contributed by atoms with van der Waals surface area (Å²) in [6.07, 6.45) is -0.362. The van der Waals surface area contributed by atoms with Gasteiger partial charge in [0.1, 0.15) is 13.1 Å². The van der Waals surface area contributed by atoms with Crippen molar-refractivity contribution in [2.75, 3.05) is 20.6 Å². The quantitative estimate of drug-likeness (QED) is 0.725. The average Bonchev–Trinajstić information content (AvgIpc) is 2.28. The number of nitrogens with two attached hydrogens (primary N) is 1. The van der Waals surface area contributed by atoms with Crippen LogP contribution in [0.3, 0.4) is 0 Å². The Bertz CT molecular complexity index is 484. The van der Waals surface area contributed by atoms with E-state index in [0.29, 0.717) is 18.0 Å². The first-order valence-corrected chi connectivity index (χ1v) is 7.29. The Morgan fingerprint density at radius 3 is 2.61 bits per heavy atom. The zero-order chi connectivity index (χ0) is 13.8. The predicted octanol–water partition coefficient (Wildman–Crippen LogP) is -0.619. The molecule has 18 heavy (non-hydrogen) atoms. The molecule has 1 aromatic rings. The van der Waals surface area contributed by atoms with Crippen molar-refractivity contribution in [2.24, 2.45) is 0 Å². The van der Waals surface area contributed by atoms with Gasteiger partial charge in [-0.05, 0) is 19.1 Å². The summed E-state index contributed by atoms with van der Waals surface area (Å²) >= 11 is 0. The Hall–Kier alpha value is -0.950. The van der Waals surface area contributed by atoms with Crippen molar-refractivity contribution in [3.63, 3.8) is 0 Å². The minimum absolute atomic E-state index is 0.301. The fourth-order valence-electron chi connectivity index (χ4n) is 1.53. The summed E-state index contributed by atoms with van der Waals surface area (Å²) in [5.41, 5.74) is 0.929. The molecular weight excluding hydrogens is 252 g/mol. The van der Waals surface area contributed by atoms with Gasteiger partial charge in [0.05, 0.1) is 11.0 Å². The Balaban J connectivity index is 2.80. The second-order valence-corrected chi connectivity index (χ2v) is 6.66.